The van der Waals surface area contributed by atoms with E-state index >= 15 is 0 Å². The van der Waals surface area contributed by atoms with E-state index < -0.39 is 0 Å². The van der Waals surface area contributed by atoms with Gasteiger partial charge in [0.05, 0.1) is 25.1 Å². The molecule has 3 aromatic rings. The third-order valence-electron chi connectivity index (χ3n) is 8.28. The zero-order valence-corrected chi connectivity index (χ0v) is 21.4. The van der Waals surface area contributed by atoms with Crippen molar-refractivity contribution in [3.63, 3.8) is 0 Å². The highest BCUT2D eigenvalue weighted by Gasteiger charge is 2.31. The Morgan fingerprint density at radius 3 is 2.77 bits per heavy atom. The molecule has 0 radical (unpaired) electrons. The monoisotopic (exact) mass is 493 g/mol. The number of fused-ring (bicyclic) bond motifs is 4. The summed E-state index contributed by atoms with van der Waals surface area (Å²) in [6.45, 7) is 7.45. The first kappa shape index (κ1) is 22.1. The molecule has 6 heterocycles. The molecule has 2 fully saturated rings. The number of anilines is 1. The van der Waals surface area contributed by atoms with Gasteiger partial charge in [0.1, 0.15) is 28.1 Å². The van der Waals surface area contributed by atoms with Crippen LogP contribution in [0.15, 0.2) is 0 Å². The fourth-order valence-corrected chi connectivity index (χ4v) is 7.74. The SMILES string of the molecule is C1CCc2nnc([C@@H]3CCCN(c4nc(CN5CCOCC5)nc5sc6c(c45)CCC6)C3)n2CC1. The number of aromatic nitrogens is 5. The number of aryl methyl sites for hydroxylation is 3. The lowest BCUT2D eigenvalue weighted by Crippen LogP contribution is -2.37. The number of rotatable bonds is 4. The van der Waals surface area contributed by atoms with Gasteiger partial charge >= 0.3 is 0 Å². The van der Waals surface area contributed by atoms with Gasteiger partial charge in [0.25, 0.3) is 0 Å². The molecule has 3 aromatic heterocycles. The molecule has 9 heteroatoms. The topological polar surface area (TPSA) is 72.2 Å². The molecule has 0 aromatic carbocycles. The first-order valence-corrected chi connectivity index (χ1v) is 14.4. The number of morpholine rings is 1. The van der Waals surface area contributed by atoms with Crippen LogP contribution in [-0.2, 0) is 37.1 Å². The Labute approximate surface area is 210 Å². The molecule has 7 rings (SSSR count). The summed E-state index contributed by atoms with van der Waals surface area (Å²) in [7, 11) is 0. The van der Waals surface area contributed by atoms with Crippen LogP contribution in [0.3, 0.4) is 0 Å². The summed E-state index contributed by atoms with van der Waals surface area (Å²) in [6, 6.07) is 0. The molecule has 4 aliphatic rings. The first-order valence-electron chi connectivity index (χ1n) is 13.6. The van der Waals surface area contributed by atoms with E-state index in [1.165, 1.54) is 89.5 Å². The van der Waals surface area contributed by atoms with E-state index in [9.17, 15) is 0 Å². The average Bonchev–Trinajstić information content (AvgIpc) is 3.55. The molecule has 0 N–H and O–H groups in total. The third kappa shape index (κ3) is 4.15. The van der Waals surface area contributed by atoms with E-state index in [1.807, 2.05) is 11.3 Å². The molecule has 3 aliphatic heterocycles. The Morgan fingerprint density at radius 2 is 1.83 bits per heavy atom. The van der Waals surface area contributed by atoms with Gasteiger partial charge in [-0.25, -0.2) is 9.97 Å². The molecule has 8 nitrogen and oxygen atoms in total. The van der Waals surface area contributed by atoms with Gasteiger partial charge in [0.15, 0.2) is 0 Å². The lowest BCUT2D eigenvalue weighted by molar-refractivity contribution is 0.0331. The summed E-state index contributed by atoms with van der Waals surface area (Å²) >= 11 is 1.91. The zero-order chi connectivity index (χ0) is 23.2. The molecule has 0 bridgehead atoms. The molecule has 1 atom stereocenters. The van der Waals surface area contributed by atoms with Crippen LogP contribution in [0, 0.1) is 0 Å². The Kier molecular flexibility index (Phi) is 5.95. The minimum Gasteiger partial charge on any atom is -0.379 e. The Hall–Kier alpha value is -2.10. The maximum atomic E-state index is 5.56. The largest absolute Gasteiger partial charge is 0.379 e. The third-order valence-corrected chi connectivity index (χ3v) is 9.47. The highest BCUT2D eigenvalue weighted by Crippen LogP contribution is 2.42. The summed E-state index contributed by atoms with van der Waals surface area (Å²) in [5.41, 5.74) is 1.52. The predicted octanol–water partition coefficient (Wildman–Crippen LogP) is 3.71. The highest BCUT2D eigenvalue weighted by atomic mass is 32.1. The van der Waals surface area contributed by atoms with Crippen LogP contribution in [0.4, 0.5) is 5.82 Å². The van der Waals surface area contributed by atoms with Gasteiger partial charge in [-0.1, -0.05) is 6.42 Å². The molecule has 0 amide bonds. The minimum atomic E-state index is 0.419. The van der Waals surface area contributed by atoms with Crippen LogP contribution in [0.2, 0.25) is 0 Å². The van der Waals surface area contributed by atoms with E-state index in [0.29, 0.717) is 5.92 Å². The standard InChI is InChI=1S/C26H35N7OS/c1-2-9-22-29-30-24(33(22)11-3-1)18-6-5-10-32(16-18)25-23-19-7-4-8-20(19)35-26(23)28-21(27-25)17-31-12-14-34-15-13-31/h18H,1-17H2/t18-/m1/s1. The van der Waals surface area contributed by atoms with Crippen molar-refractivity contribution in [2.75, 3.05) is 44.3 Å². The van der Waals surface area contributed by atoms with Crippen molar-refractivity contribution < 1.29 is 4.74 Å². The van der Waals surface area contributed by atoms with Crippen molar-refractivity contribution in [1.82, 2.24) is 29.6 Å². The van der Waals surface area contributed by atoms with Gasteiger partial charge in [0, 0.05) is 49.9 Å². The lowest BCUT2D eigenvalue weighted by atomic mass is 9.96. The van der Waals surface area contributed by atoms with Gasteiger partial charge in [-0.15, -0.1) is 21.5 Å². The molecule has 2 saturated heterocycles. The van der Waals surface area contributed by atoms with Crippen molar-refractivity contribution in [2.45, 2.75) is 76.8 Å². The van der Waals surface area contributed by atoms with Gasteiger partial charge in [-0.3, -0.25) is 4.90 Å². The summed E-state index contributed by atoms with van der Waals surface area (Å²) in [5, 5.41) is 10.7. The van der Waals surface area contributed by atoms with Crippen molar-refractivity contribution >= 4 is 27.4 Å². The molecule has 186 valence electrons. The lowest BCUT2D eigenvalue weighted by Gasteiger charge is -2.34. The van der Waals surface area contributed by atoms with Crippen LogP contribution in [0.1, 0.15) is 72.4 Å². The molecule has 1 aliphatic carbocycles. The fourth-order valence-electron chi connectivity index (χ4n) is 6.47. The van der Waals surface area contributed by atoms with Crippen LogP contribution >= 0.6 is 11.3 Å². The molecule has 0 saturated carbocycles. The predicted molar refractivity (Wildman–Crippen MR) is 137 cm³/mol. The number of ether oxygens (including phenoxy) is 1. The van der Waals surface area contributed by atoms with E-state index in [1.54, 1.807) is 0 Å². The second-order valence-electron chi connectivity index (χ2n) is 10.6. The quantitative estimate of drug-likeness (QED) is 0.549. The summed E-state index contributed by atoms with van der Waals surface area (Å²) < 4.78 is 8.01. The van der Waals surface area contributed by atoms with Gasteiger partial charge in [0.2, 0.25) is 0 Å². The van der Waals surface area contributed by atoms with E-state index in [0.717, 1.165) is 64.7 Å². The van der Waals surface area contributed by atoms with Crippen molar-refractivity contribution in [3.8, 4) is 0 Å². The van der Waals surface area contributed by atoms with Crippen LogP contribution in [0.25, 0.3) is 10.2 Å². The fraction of sp³-hybridized carbons (Fsp3) is 0.692. The summed E-state index contributed by atoms with van der Waals surface area (Å²) in [6.07, 6.45) is 10.8. The Balaban J connectivity index is 1.23. The molecule has 0 spiro atoms. The number of piperidine rings is 1. The van der Waals surface area contributed by atoms with Gasteiger partial charge in [-0.05, 0) is 50.5 Å². The first-order chi connectivity index (χ1) is 17.3. The van der Waals surface area contributed by atoms with E-state index in [4.69, 9.17) is 19.8 Å². The van der Waals surface area contributed by atoms with Crippen molar-refractivity contribution in [1.29, 1.82) is 0 Å². The number of thiophene rings is 1. The minimum absolute atomic E-state index is 0.419. The summed E-state index contributed by atoms with van der Waals surface area (Å²) in [4.78, 5) is 18.1. The molecular weight excluding hydrogens is 458 g/mol. The summed E-state index contributed by atoms with van der Waals surface area (Å²) in [5.74, 6) is 4.97. The zero-order valence-electron chi connectivity index (χ0n) is 20.5. The Bertz CT molecular complexity index is 1210. The van der Waals surface area contributed by atoms with Gasteiger partial charge < -0.3 is 14.2 Å². The molecule has 35 heavy (non-hydrogen) atoms. The maximum absolute atomic E-state index is 5.56. The number of hydrogen-bond donors (Lipinski definition) is 0. The van der Waals surface area contributed by atoms with Crippen LogP contribution in [-0.4, -0.2) is 69.0 Å². The van der Waals surface area contributed by atoms with Crippen LogP contribution in [0.5, 0.6) is 0 Å². The van der Waals surface area contributed by atoms with Crippen molar-refractivity contribution in [3.05, 3.63) is 27.9 Å². The second-order valence-corrected chi connectivity index (χ2v) is 11.7. The van der Waals surface area contributed by atoms with Crippen molar-refractivity contribution in [2.24, 2.45) is 0 Å². The van der Waals surface area contributed by atoms with Crippen LogP contribution < -0.4 is 4.90 Å². The number of hydrogen-bond acceptors (Lipinski definition) is 8. The second kappa shape index (κ2) is 9.41. The van der Waals surface area contributed by atoms with E-state index in [-0.39, 0.29) is 0 Å². The average molecular weight is 494 g/mol. The van der Waals surface area contributed by atoms with Gasteiger partial charge in [-0.2, -0.15) is 0 Å². The molecular formula is C26H35N7OS. The Morgan fingerprint density at radius 1 is 0.886 bits per heavy atom. The number of nitrogens with zero attached hydrogens (tertiary/aromatic N) is 7. The maximum Gasteiger partial charge on any atom is 0.146 e. The smallest absolute Gasteiger partial charge is 0.146 e. The molecule has 0 unspecified atom stereocenters. The highest BCUT2D eigenvalue weighted by molar-refractivity contribution is 7.19. The van der Waals surface area contributed by atoms with E-state index in [2.05, 4.69) is 19.5 Å². The normalized spacial score (nSPS) is 23.4.